The van der Waals surface area contributed by atoms with Gasteiger partial charge >= 0.3 is 0 Å². The van der Waals surface area contributed by atoms with Crippen LogP contribution >= 0.6 is 0 Å². The Labute approximate surface area is 102 Å². The van der Waals surface area contributed by atoms with Crippen molar-refractivity contribution in [3.63, 3.8) is 0 Å². The summed E-state index contributed by atoms with van der Waals surface area (Å²) in [6.45, 7) is 1.62. The zero-order valence-corrected chi connectivity index (χ0v) is 9.38. The van der Waals surface area contributed by atoms with Crippen LogP contribution in [0.5, 0.6) is 5.75 Å². The third kappa shape index (κ3) is 2.05. The molecule has 18 heavy (non-hydrogen) atoms. The lowest BCUT2D eigenvalue weighted by molar-refractivity contribution is -0.384. The Morgan fingerprint density at radius 2 is 2.22 bits per heavy atom. The molecule has 7 heteroatoms. The van der Waals surface area contributed by atoms with Gasteiger partial charge in [0.05, 0.1) is 16.2 Å². The quantitative estimate of drug-likeness (QED) is 0.465. The Hall–Kier alpha value is -2.70. The maximum Gasteiger partial charge on any atom is 0.273 e. The monoisotopic (exact) mass is 247 g/mol. The van der Waals surface area contributed by atoms with Gasteiger partial charge in [-0.05, 0) is 19.1 Å². The van der Waals surface area contributed by atoms with Crippen molar-refractivity contribution in [2.45, 2.75) is 6.92 Å². The third-order valence-corrected chi connectivity index (χ3v) is 2.48. The van der Waals surface area contributed by atoms with Crippen molar-refractivity contribution in [1.82, 2.24) is 5.43 Å². The first-order valence-electron chi connectivity index (χ1n) is 5.03. The predicted molar refractivity (Wildman–Crippen MR) is 64.0 cm³/mol. The van der Waals surface area contributed by atoms with Crippen LogP contribution in [0.1, 0.15) is 12.5 Å². The van der Waals surface area contributed by atoms with E-state index >= 15 is 0 Å². The molecule has 0 aliphatic carbocycles. The average Bonchev–Trinajstić information content (AvgIpc) is 2.63. The average molecular weight is 247 g/mol. The zero-order chi connectivity index (χ0) is 13.3. The number of amides is 1. The number of rotatable bonds is 2. The molecule has 1 aliphatic rings. The van der Waals surface area contributed by atoms with Gasteiger partial charge in [-0.3, -0.25) is 14.9 Å². The number of phenols is 1. The fourth-order valence-corrected chi connectivity index (χ4v) is 1.52. The molecule has 0 fully saturated rings. The number of phenolic OH excluding ortho intramolecular Hbond substituents is 1. The second-order valence-corrected chi connectivity index (χ2v) is 3.70. The van der Waals surface area contributed by atoms with Gasteiger partial charge in [0.1, 0.15) is 5.75 Å². The Kier molecular flexibility index (Phi) is 2.80. The van der Waals surface area contributed by atoms with Crippen LogP contribution in [-0.4, -0.2) is 21.6 Å². The molecular weight excluding hydrogens is 238 g/mol. The van der Waals surface area contributed by atoms with E-state index in [4.69, 9.17) is 0 Å². The molecule has 1 aromatic rings. The fourth-order valence-electron chi connectivity index (χ4n) is 1.52. The summed E-state index contributed by atoms with van der Waals surface area (Å²) in [5.74, 6) is -0.543. The predicted octanol–water partition coefficient (Wildman–Crippen LogP) is 1.19. The van der Waals surface area contributed by atoms with Crippen LogP contribution < -0.4 is 5.43 Å². The SMILES string of the molecule is CC1=NNC(=O)/C1=C\c1cc([N+](=O)[O-])ccc1O. The maximum atomic E-state index is 11.4. The minimum Gasteiger partial charge on any atom is -0.507 e. The van der Waals surface area contributed by atoms with Crippen molar-refractivity contribution < 1.29 is 14.8 Å². The van der Waals surface area contributed by atoms with E-state index in [0.29, 0.717) is 5.71 Å². The van der Waals surface area contributed by atoms with Crippen LogP contribution in [0.2, 0.25) is 0 Å². The molecule has 92 valence electrons. The lowest BCUT2D eigenvalue weighted by Gasteiger charge is -2.00. The number of benzene rings is 1. The molecule has 0 spiro atoms. The van der Waals surface area contributed by atoms with Crippen molar-refractivity contribution in [3.05, 3.63) is 39.4 Å². The van der Waals surface area contributed by atoms with E-state index in [0.717, 1.165) is 0 Å². The van der Waals surface area contributed by atoms with Crippen LogP contribution in [-0.2, 0) is 4.79 Å². The highest BCUT2D eigenvalue weighted by Gasteiger charge is 2.19. The van der Waals surface area contributed by atoms with E-state index in [1.165, 1.54) is 24.3 Å². The van der Waals surface area contributed by atoms with E-state index in [-0.39, 0.29) is 22.6 Å². The van der Waals surface area contributed by atoms with Crippen molar-refractivity contribution >= 4 is 23.4 Å². The summed E-state index contributed by atoms with van der Waals surface area (Å²) in [6.07, 6.45) is 1.36. The molecule has 1 aromatic carbocycles. The standard InChI is InChI=1S/C11H9N3O4/c1-6-9(11(16)13-12-6)5-7-4-8(14(17)18)2-3-10(7)15/h2-5,15H,1H3,(H,13,16)/b9-5-. The van der Waals surface area contributed by atoms with E-state index in [2.05, 4.69) is 10.5 Å². The van der Waals surface area contributed by atoms with E-state index in [1.807, 2.05) is 0 Å². The first-order chi connectivity index (χ1) is 8.49. The van der Waals surface area contributed by atoms with Gasteiger partial charge in [-0.2, -0.15) is 5.10 Å². The molecule has 0 atom stereocenters. The highest BCUT2D eigenvalue weighted by Crippen LogP contribution is 2.26. The third-order valence-electron chi connectivity index (χ3n) is 2.48. The van der Waals surface area contributed by atoms with Gasteiger partial charge in [-0.25, -0.2) is 5.43 Å². The molecule has 2 rings (SSSR count). The molecular formula is C11H9N3O4. The Morgan fingerprint density at radius 3 is 2.78 bits per heavy atom. The molecule has 0 saturated carbocycles. The zero-order valence-electron chi connectivity index (χ0n) is 9.38. The number of hydrogen-bond donors (Lipinski definition) is 2. The number of hydrazone groups is 1. The van der Waals surface area contributed by atoms with E-state index < -0.39 is 10.8 Å². The van der Waals surface area contributed by atoms with Crippen LogP contribution in [0, 0.1) is 10.1 Å². The van der Waals surface area contributed by atoms with Crippen molar-refractivity contribution in [1.29, 1.82) is 0 Å². The first kappa shape index (κ1) is 11.8. The minimum absolute atomic E-state index is 0.138. The van der Waals surface area contributed by atoms with Crippen LogP contribution in [0.3, 0.4) is 0 Å². The van der Waals surface area contributed by atoms with Crippen LogP contribution in [0.4, 0.5) is 5.69 Å². The lowest BCUT2D eigenvalue weighted by Crippen LogP contribution is -2.12. The molecule has 0 radical (unpaired) electrons. The fraction of sp³-hybridized carbons (Fsp3) is 0.0909. The molecule has 0 unspecified atom stereocenters. The second-order valence-electron chi connectivity index (χ2n) is 3.70. The van der Waals surface area contributed by atoms with Gasteiger partial charge in [0.25, 0.3) is 11.6 Å². The first-order valence-corrected chi connectivity index (χ1v) is 5.03. The molecule has 1 aliphatic heterocycles. The smallest absolute Gasteiger partial charge is 0.273 e. The molecule has 0 saturated heterocycles. The van der Waals surface area contributed by atoms with Crippen molar-refractivity contribution in [2.24, 2.45) is 5.10 Å². The van der Waals surface area contributed by atoms with Gasteiger partial charge in [0, 0.05) is 17.7 Å². The summed E-state index contributed by atoms with van der Waals surface area (Å²) in [4.78, 5) is 21.5. The number of nitrogens with one attached hydrogen (secondary N) is 1. The molecule has 7 nitrogen and oxygen atoms in total. The number of nitro groups is 1. The number of aromatic hydroxyl groups is 1. The summed E-state index contributed by atoms with van der Waals surface area (Å²) in [5, 5.41) is 24.0. The number of hydrogen-bond acceptors (Lipinski definition) is 5. The van der Waals surface area contributed by atoms with Crippen LogP contribution in [0.15, 0.2) is 28.9 Å². The van der Waals surface area contributed by atoms with Crippen molar-refractivity contribution in [2.75, 3.05) is 0 Å². The molecule has 1 amide bonds. The van der Waals surface area contributed by atoms with Gasteiger partial charge in [-0.1, -0.05) is 0 Å². The van der Waals surface area contributed by atoms with E-state index in [9.17, 15) is 20.0 Å². The van der Waals surface area contributed by atoms with Crippen molar-refractivity contribution in [3.8, 4) is 5.75 Å². The topological polar surface area (TPSA) is 105 Å². The van der Waals surface area contributed by atoms with Gasteiger partial charge in [-0.15, -0.1) is 0 Å². The highest BCUT2D eigenvalue weighted by molar-refractivity contribution is 6.26. The van der Waals surface area contributed by atoms with Gasteiger partial charge in [0.15, 0.2) is 0 Å². The summed E-state index contributed by atoms with van der Waals surface area (Å²) in [5.41, 5.74) is 3.03. The normalized spacial score (nSPS) is 16.6. The Morgan fingerprint density at radius 1 is 1.50 bits per heavy atom. The number of non-ortho nitro benzene ring substituents is 1. The largest absolute Gasteiger partial charge is 0.507 e. The molecule has 1 heterocycles. The summed E-state index contributed by atoms with van der Waals surface area (Å²) in [7, 11) is 0. The Bertz CT molecular complexity index is 604. The maximum absolute atomic E-state index is 11.4. The van der Waals surface area contributed by atoms with Crippen LogP contribution in [0.25, 0.3) is 6.08 Å². The highest BCUT2D eigenvalue weighted by atomic mass is 16.6. The van der Waals surface area contributed by atoms with E-state index in [1.54, 1.807) is 6.92 Å². The Balaban J connectivity index is 2.48. The summed E-state index contributed by atoms with van der Waals surface area (Å²) >= 11 is 0. The second kappa shape index (κ2) is 4.28. The number of carbonyl (C=O) groups is 1. The number of nitrogens with zero attached hydrogens (tertiary/aromatic N) is 2. The molecule has 2 N–H and O–H groups in total. The molecule has 0 bridgehead atoms. The minimum atomic E-state index is -0.572. The number of nitro benzene ring substituents is 1. The summed E-state index contributed by atoms with van der Waals surface area (Å²) in [6, 6.07) is 3.60. The molecule has 0 aromatic heterocycles. The number of carbonyl (C=O) groups excluding carboxylic acids is 1. The lowest BCUT2D eigenvalue weighted by atomic mass is 10.1. The summed E-state index contributed by atoms with van der Waals surface area (Å²) < 4.78 is 0. The van der Waals surface area contributed by atoms with Gasteiger partial charge in [0.2, 0.25) is 0 Å². The van der Waals surface area contributed by atoms with Gasteiger partial charge < -0.3 is 5.11 Å².